The van der Waals surface area contributed by atoms with Crippen molar-refractivity contribution >= 4 is 23.5 Å². The van der Waals surface area contributed by atoms with E-state index in [0.717, 1.165) is 11.8 Å². The van der Waals surface area contributed by atoms with Crippen LogP contribution >= 0.6 is 0 Å². The summed E-state index contributed by atoms with van der Waals surface area (Å²) in [5.74, 6) is 0.762. The minimum absolute atomic E-state index is 0.318. The summed E-state index contributed by atoms with van der Waals surface area (Å²) in [5.41, 5.74) is 8.63. The molecule has 0 fully saturated rings. The van der Waals surface area contributed by atoms with E-state index in [9.17, 15) is 9.18 Å². The molecule has 3 aromatic rings. The Bertz CT molecular complexity index is 1050. The van der Waals surface area contributed by atoms with Crippen LogP contribution in [0.2, 0.25) is 0 Å². The lowest BCUT2D eigenvalue weighted by atomic mass is 10.1. The molecule has 0 aliphatic carbocycles. The van der Waals surface area contributed by atoms with Crippen LogP contribution in [-0.2, 0) is 6.42 Å². The maximum absolute atomic E-state index is 14.3. The molecule has 30 heavy (non-hydrogen) atoms. The first kappa shape index (κ1) is 21.0. The van der Waals surface area contributed by atoms with Crippen LogP contribution in [0, 0.1) is 5.82 Å². The van der Waals surface area contributed by atoms with E-state index in [4.69, 9.17) is 15.5 Å². The average molecular weight is 406 g/mol. The molecule has 1 aromatic heterocycles. The first-order valence-corrected chi connectivity index (χ1v) is 9.39. The van der Waals surface area contributed by atoms with E-state index in [1.54, 1.807) is 42.7 Å². The Balaban J connectivity index is 1.91. The molecule has 3 rings (SSSR count). The third kappa shape index (κ3) is 5.00. The number of rotatable bonds is 7. The number of carbonyl (C=O) groups is 1. The number of pyridine rings is 1. The molecule has 0 amide bonds. The Morgan fingerprint density at radius 2 is 2.10 bits per heavy atom. The van der Waals surface area contributed by atoms with Crippen molar-refractivity contribution in [3.63, 3.8) is 0 Å². The Morgan fingerprint density at radius 3 is 2.77 bits per heavy atom. The van der Waals surface area contributed by atoms with Crippen molar-refractivity contribution in [1.29, 1.82) is 0 Å². The highest BCUT2D eigenvalue weighted by molar-refractivity contribution is 6.01. The number of anilines is 1. The summed E-state index contributed by atoms with van der Waals surface area (Å²) in [4.78, 5) is 22.2. The number of ether oxygens (including phenoxy) is 1. The molecule has 0 aliphatic heterocycles. The van der Waals surface area contributed by atoms with Gasteiger partial charge in [0.05, 0.1) is 12.8 Å². The maximum Gasteiger partial charge on any atom is 0.152 e. The molecule has 0 saturated carbocycles. The molecule has 7 heteroatoms. The largest absolute Gasteiger partial charge is 0.497 e. The van der Waals surface area contributed by atoms with Gasteiger partial charge in [0.15, 0.2) is 6.29 Å². The molecule has 0 saturated heterocycles. The zero-order chi connectivity index (χ0) is 21.5. The summed E-state index contributed by atoms with van der Waals surface area (Å²) in [7, 11) is 3.36. The molecule has 2 N–H and O–H groups in total. The minimum atomic E-state index is -0.318. The van der Waals surface area contributed by atoms with Crippen molar-refractivity contribution in [2.24, 2.45) is 4.99 Å². The molecular weight excluding hydrogens is 383 g/mol. The van der Waals surface area contributed by atoms with Crippen molar-refractivity contribution in [2.75, 3.05) is 26.4 Å². The van der Waals surface area contributed by atoms with Gasteiger partial charge < -0.3 is 15.4 Å². The number of carbonyl (C=O) groups excluding carboxylic acids is 1. The number of hydrogen-bond donors (Lipinski definition) is 1. The summed E-state index contributed by atoms with van der Waals surface area (Å²) in [6.07, 6.45) is 4.57. The number of aliphatic imine (C=N–C) groups is 1. The van der Waals surface area contributed by atoms with Crippen LogP contribution in [0.15, 0.2) is 65.9 Å². The second-order valence-corrected chi connectivity index (χ2v) is 6.74. The molecule has 0 aliphatic rings. The minimum Gasteiger partial charge on any atom is -0.497 e. The van der Waals surface area contributed by atoms with Crippen molar-refractivity contribution in [1.82, 2.24) is 9.88 Å². The second-order valence-electron chi connectivity index (χ2n) is 6.74. The first-order chi connectivity index (χ1) is 14.5. The van der Waals surface area contributed by atoms with Gasteiger partial charge in [-0.25, -0.2) is 9.38 Å². The van der Waals surface area contributed by atoms with Gasteiger partial charge in [-0.3, -0.25) is 9.78 Å². The summed E-state index contributed by atoms with van der Waals surface area (Å²) >= 11 is 0. The topological polar surface area (TPSA) is 80.8 Å². The molecule has 0 bridgehead atoms. The van der Waals surface area contributed by atoms with Gasteiger partial charge in [0.2, 0.25) is 0 Å². The standard InChI is InChI=1S/C23H23FN4O2/c1-28(11-9-16-6-8-20(30-2)13-21(16)24)23(17-4-3-10-26-14-17)27-22-12-19(25)7-5-18(22)15-29/h3-8,10,12-15H,9,11,25H2,1-2H3. The number of benzene rings is 2. The van der Waals surface area contributed by atoms with Crippen LogP contribution in [0.3, 0.4) is 0 Å². The molecular formula is C23H23FN4O2. The first-order valence-electron chi connectivity index (χ1n) is 9.39. The van der Waals surface area contributed by atoms with Gasteiger partial charge in [0.1, 0.15) is 17.4 Å². The second kappa shape index (κ2) is 9.65. The molecule has 6 nitrogen and oxygen atoms in total. The van der Waals surface area contributed by atoms with Crippen LogP contribution in [0.1, 0.15) is 21.5 Å². The predicted octanol–water partition coefficient (Wildman–Crippen LogP) is 3.88. The normalized spacial score (nSPS) is 11.2. The van der Waals surface area contributed by atoms with E-state index in [0.29, 0.717) is 47.1 Å². The van der Waals surface area contributed by atoms with Gasteiger partial charge >= 0.3 is 0 Å². The summed E-state index contributed by atoms with van der Waals surface area (Å²) in [5, 5.41) is 0. The number of likely N-dealkylation sites (N-methyl/N-ethyl adjacent to an activating group) is 1. The number of halogens is 1. The number of nitrogen functional groups attached to an aromatic ring is 1. The smallest absolute Gasteiger partial charge is 0.152 e. The number of hydrogen-bond acceptors (Lipinski definition) is 5. The maximum atomic E-state index is 14.3. The zero-order valence-corrected chi connectivity index (χ0v) is 16.9. The molecule has 154 valence electrons. The highest BCUT2D eigenvalue weighted by atomic mass is 19.1. The Labute approximate surface area is 174 Å². The van der Waals surface area contributed by atoms with E-state index in [1.165, 1.54) is 13.2 Å². The number of nitrogens with two attached hydrogens (primary N) is 1. The van der Waals surface area contributed by atoms with E-state index in [1.807, 2.05) is 24.1 Å². The SMILES string of the molecule is COc1ccc(CCN(C)C(=Nc2cc(N)ccc2C=O)c2cccnc2)c(F)c1. The average Bonchev–Trinajstić information content (AvgIpc) is 2.77. The van der Waals surface area contributed by atoms with E-state index in [2.05, 4.69) is 4.98 Å². The van der Waals surface area contributed by atoms with Crippen molar-refractivity contribution < 1.29 is 13.9 Å². The summed E-state index contributed by atoms with van der Waals surface area (Å²) < 4.78 is 19.4. The van der Waals surface area contributed by atoms with Gasteiger partial charge in [-0.05, 0) is 48.4 Å². The predicted molar refractivity (Wildman–Crippen MR) is 116 cm³/mol. The van der Waals surface area contributed by atoms with Gasteiger partial charge in [0, 0.05) is 48.9 Å². The third-order valence-corrected chi connectivity index (χ3v) is 4.67. The van der Waals surface area contributed by atoms with E-state index >= 15 is 0 Å². The van der Waals surface area contributed by atoms with E-state index < -0.39 is 0 Å². The molecule has 2 aromatic carbocycles. The van der Waals surface area contributed by atoms with Gasteiger partial charge in [0.25, 0.3) is 0 Å². The fraction of sp³-hybridized carbons (Fsp3) is 0.174. The number of aldehydes is 1. The monoisotopic (exact) mass is 406 g/mol. The number of amidine groups is 1. The highest BCUT2D eigenvalue weighted by Gasteiger charge is 2.13. The molecule has 1 heterocycles. The fourth-order valence-corrected chi connectivity index (χ4v) is 2.99. The van der Waals surface area contributed by atoms with Gasteiger partial charge in [-0.1, -0.05) is 6.07 Å². The highest BCUT2D eigenvalue weighted by Crippen LogP contribution is 2.23. The van der Waals surface area contributed by atoms with Crippen molar-refractivity contribution in [3.05, 3.63) is 83.4 Å². The molecule has 0 radical (unpaired) electrons. The lowest BCUT2D eigenvalue weighted by Crippen LogP contribution is -2.30. The number of aromatic nitrogens is 1. The van der Waals surface area contributed by atoms with Crippen LogP contribution < -0.4 is 10.5 Å². The number of methoxy groups -OCH3 is 1. The van der Waals surface area contributed by atoms with Gasteiger partial charge in [-0.15, -0.1) is 0 Å². The number of nitrogens with zero attached hydrogens (tertiary/aromatic N) is 3. The quantitative estimate of drug-likeness (QED) is 0.279. The Morgan fingerprint density at radius 1 is 1.27 bits per heavy atom. The van der Waals surface area contributed by atoms with Crippen LogP contribution in [-0.4, -0.2) is 42.7 Å². The van der Waals surface area contributed by atoms with Gasteiger partial charge in [-0.2, -0.15) is 0 Å². The van der Waals surface area contributed by atoms with Crippen LogP contribution in [0.5, 0.6) is 5.75 Å². The summed E-state index contributed by atoms with van der Waals surface area (Å²) in [6.45, 7) is 0.496. The Hall–Kier alpha value is -3.74. The third-order valence-electron chi connectivity index (χ3n) is 4.67. The van der Waals surface area contributed by atoms with Crippen molar-refractivity contribution in [2.45, 2.75) is 6.42 Å². The lowest BCUT2D eigenvalue weighted by Gasteiger charge is -2.22. The molecule has 0 atom stereocenters. The van der Waals surface area contributed by atoms with Crippen molar-refractivity contribution in [3.8, 4) is 5.75 Å². The molecule has 0 unspecified atom stereocenters. The summed E-state index contributed by atoms with van der Waals surface area (Å²) in [6, 6.07) is 13.4. The zero-order valence-electron chi connectivity index (χ0n) is 16.9. The molecule has 0 spiro atoms. The van der Waals surface area contributed by atoms with Crippen LogP contribution in [0.4, 0.5) is 15.8 Å². The Kier molecular flexibility index (Phi) is 6.75. The fourth-order valence-electron chi connectivity index (χ4n) is 2.99. The lowest BCUT2D eigenvalue weighted by molar-refractivity contribution is 0.112. The van der Waals surface area contributed by atoms with Crippen LogP contribution in [0.25, 0.3) is 0 Å². The van der Waals surface area contributed by atoms with E-state index in [-0.39, 0.29) is 5.82 Å².